The summed E-state index contributed by atoms with van der Waals surface area (Å²) < 4.78 is 0. The quantitative estimate of drug-likeness (QED) is 0.845. The maximum Gasteiger partial charge on any atom is 0.108 e. The Balaban J connectivity index is 1.65. The standard InChI is InChI=1S/C16H27N3/c1-2-8-18-16(12-17)7-3-4-15(10-16)19-11-13-5-6-14(19)9-13/h13-15,18H,2-11H2,1H3. The van der Waals surface area contributed by atoms with E-state index in [0.29, 0.717) is 6.04 Å². The summed E-state index contributed by atoms with van der Waals surface area (Å²) in [5.41, 5.74) is -0.235. The molecule has 0 aromatic carbocycles. The van der Waals surface area contributed by atoms with Gasteiger partial charge in [0.2, 0.25) is 0 Å². The number of nitriles is 1. The molecule has 1 N–H and O–H groups in total. The predicted octanol–water partition coefficient (Wildman–Crippen LogP) is 2.68. The second-order valence-electron chi connectivity index (χ2n) is 6.90. The van der Waals surface area contributed by atoms with Crippen molar-refractivity contribution in [2.75, 3.05) is 13.1 Å². The van der Waals surface area contributed by atoms with Crippen LogP contribution in [0.4, 0.5) is 0 Å². The van der Waals surface area contributed by atoms with Crippen molar-refractivity contribution >= 4 is 0 Å². The molecule has 2 aliphatic carbocycles. The predicted molar refractivity (Wildman–Crippen MR) is 76.7 cm³/mol. The van der Waals surface area contributed by atoms with Crippen molar-refractivity contribution in [3.63, 3.8) is 0 Å². The SMILES string of the molecule is CCCNC1(C#N)CCCC(N2CC3CCC2C3)C1. The molecule has 1 saturated heterocycles. The molecule has 3 fully saturated rings. The fourth-order valence-electron chi connectivity index (χ4n) is 4.60. The molecule has 2 bridgehead atoms. The fourth-order valence-corrected chi connectivity index (χ4v) is 4.60. The minimum Gasteiger partial charge on any atom is -0.299 e. The minimum atomic E-state index is -0.235. The topological polar surface area (TPSA) is 39.1 Å². The van der Waals surface area contributed by atoms with E-state index in [1.54, 1.807) is 0 Å². The molecule has 0 radical (unpaired) electrons. The van der Waals surface area contributed by atoms with E-state index >= 15 is 0 Å². The smallest absolute Gasteiger partial charge is 0.108 e. The highest BCUT2D eigenvalue weighted by Gasteiger charge is 2.45. The number of fused-ring (bicyclic) bond motifs is 2. The van der Waals surface area contributed by atoms with Crippen LogP contribution in [0.5, 0.6) is 0 Å². The van der Waals surface area contributed by atoms with Crippen molar-refractivity contribution in [3.05, 3.63) is 0 Å². The monoisotopic (exact) mass is 261 g/mol. The molecule has 1 aliphatic heterocycles. The van der Waals surface area contributed by atoms with E-state index < -0.39 is 0 Å². The Morgan fingerprint density at radius 1 is 1.32 bits per heavy atom. The Hall–Kier alpha value is -0.590. The lowest BCUT2D eigenvalue weighted by atomic mass is 9.78. The molecule has 0 spiro atoms. The first kappa shape index (κ1) is 13.4. The summed E-state index contributed by atoms with van der Waals surface area (Å²) in [7, 11) is 0. The molecule has 0 aromatic rings. The van der Waals surface area contributed by atoms with Gasteiger partial charge in [-0.3, -0.25) is 10.2 Å². The lowest BCUT2D eigenvalue weighted by molar-refractivity contribution is 0.0909. The van der Waals surface area contributed by atoms with Crippen LogP contribution in [-0.2, 0) is 0 Å². The van der Waals surface area contributed by atoms with Gasteiger partial charge in [0.15, 0.2) is 0 Å². The van der Waals surface area contributed by atoms with Crippen LogP contribution in [0.2, 0.25) is 0 Å². The second kappa shape index (κ2) is 5.42. The summed E-state index contributed by atoms with van der Waals surface area (Å²) in [4.78, 5) is 2.76. The van der Waals surface area contributed by atoms with Crippen LogP contribution in [0.15, 0.2) is 0 Å². The molecule has 0 aromatic heterocycles. The molecule has 0 amide bonds. The van der Waals surface area contributed by atoms with Crippen molar-refractivity contribution < 1.29 is 0 Å². The van der Waals surface area contributed by atoms with E-state index in [2.05, 4.69) is 23.2 Å². The Morgan fingerprint density at radius 3 is 2.84 bits per heavy atom. The van der Waals surface area contributed by atoms with Crippen LogP contribution in [0.3, 0.4) is 0 Å². The zero-order valence-corrected chi connectivity index (χ0v) is 12.2. The van der Waals surface area contributed by atoms with E-state index in [-0.39, 0.29) is 5.54 Å². The first-order chi connectivity index (χ1) is 9.26. The van der Waals surface area contributed by atoms with Crippen LogP contribution in [0.1, 0.15) is 58.3 Å². The van der Waals surface area contributed by atoms with Gasteiger partial charge in [-0.15, -0.1) is 0 Å². The maximum absolute atomic E-state index is 9.63. The van der Waals surface area contributed by atoms with Crippen molar-refractivity contribution in [1.82, 2.24) is 10.2 Å². The molecule has 4 unspecified atom stereocenters. The van der Waals surface area contributed by atoms with Gasteiger partial charge in [0.05, 0.1) is 6.07 Å². The van der Waals surface area contributed by atoms with Crippen LogP contribution in [0.25, 0.3) is 0 Å². The van der Waals surface area contributed by atoms with Crippen LogP contribution >= 0.6 is 0 Å². The number of nitrogens with zero attached hydrogens (tertiary/aromatic N) is 2. The van der Waals surface area contributed by atoms with Crippen molar-refractivity contribution in [1.29, 1.82) is 5.26 Å². The fraction of sp³-hybridized carbons (Fsp3) is 0.938. The largest absolute Gasteiger partial charge is 0.299 e. The number of hydrogen-bond acceptors (Lipinski definition) is 3. The van der Waals surface area contributed by atoms with Gasteiger partial charge in [-0.25, -0.2) is 0 Å². The first-order valence-electron chi connectivity index (χ1n) is 8.18. The summed E-state index contributed by atoms with van der Waals surface area (Å²) >= 11 is 0. The van der Waals surface area contributed by atoms with E-state index in [1.165, 1.54) is 38.6 Å². The van der Waals surface area contributed by atoms with Crippen molar-refractivity contribution in [3.8, 4) is 6.07 Å². The Bertz CT molecular complexity index is 361. The van der Waals surface area contributed by atoms with E-state index in [9.17, 15) is 5.26 Å². The molecule has 3 rings (SSSR count). The summed E-state index contributed by atoms with van der Waals surface area (Å²) in [5, 5.41) is 13.2. The lowest BCUT2D eigenvalue weighted by Crippen LogP contribution is -2.54. The molecule has 106 valence electrons. The van der Waals surface area contributed by atoms with Gasteiger partial charge in [0.25, 0.3) is 0 Å². The van der Waals surface area contributed by atoms with Gasteiger partial charge >= 0.3 is 0 Å². The Morgan fingerprint density at radius 2 is 2.21 bits per heavy atom. The highest BCUT2D eigenvalue weighted by Crippen LogP contribution is 2.42. The van der Waals surface area contributed by atoms with E-state index in [4.69, 9.17) is 0 Å². The molecule has 4 atom stereocenters. The van der Waals surface area contributed by atoms with Gasteiger partial charge in [-0.05, 0) is 63.8 Å². The zero-order valence-electron chi connectivity index (χ0n) is 12.2. The Kier molecular flexibility index (Phi) is 3.82. The number of hydrogen-bond donors (Lipinski definition) is 1. The van der Waals surface area contributed by atoms with Crippen LogP contribution < -0.4 is 5.32 Å². The van der Waals surface area contributed by atoms with E-state index in [0.717, 1.165) is 37.8 Å². The first-order valence-corrected chi connectivity index (χ1v) is 8.18. The highest BCUT2D eigenvalue weighted by atomic mass is 15.2. The molecule has 3 aliphatic rings. The van der Waals surface area contributed by atoms with Gasteiger partial charge in [0, 0.05) is 18.6 Å². The zero-order chi connectivity index (χ0) is 13.3. The Labute approximate surface area is 117 Å². The summed E-state index contributed by atoms with van der Waals surface area (Å²) in [5.74, 6) is 0.965. The molecule has 1 heterocycles. The average molecular weight is 261 g/mol. The summed E-state index contributed by atoms with van der Waals surface area (Å²) in [6.45, 7) is 4.47. The minimum absolute atomic E-state index is 0.235. The highest BCUT2D eigenvalue weighted by molar-refractivity contribution is 5.12. The van der Waals surface area contributed by atoms with Gasteiger partial charge in [0.1, 0.15) is 5.54 Å². The number of nitrogens with one attached hydrogen (secondary N) is 1. The normalized spacial score (nSPS) is 42.4. The molecule has 3 heteroatoms. The number of rotatable bonds is 4. The molecule has 2 saturated carbocycles. The third-order valence-electron chi connectivity index (χ3n) is 5.57. The second-order valence-corrected chi connectivity index (χ2v) is 6.90. The van der Waals surface area contributed by atoms with Crippen LogP contribution in [0, 0.1) is 17.2 Å². The molecular weight excluding hydrogens is 234 g/mol. The molecular formula is C16H27N3. The summed E-state index contributed by atoms with van der Waals surface area (Å²) in [6.07, 6.45) is 10.0. The van der Waals surface area contributed by atoms with Gasteiger partial charge in [-0.1, -0.05) is 6.92 Å². The van der Waals surface area contributed by atoms with E-state index in [1.807, 2.05) is 0 Å². The van der Waals surface area contributed by atoms with Crippen molar-refractivity contribution in [2.24, 2.45) is 5.92 Å². The van der Waals surface area contributed by atoms with Gasteiger partial charge in [-0.2, -0.15) is 5.26 Å². The third-order valence-corrected chi connectivity index (χ3v) is 5.57. The lowest BCUT2D eigenvalue weighted by Gasteiger charge is -2.43. The summed E-state index contributed by atoms with van der Waals surface area (Å²) in [6, 6.07) is 4.12. The maximum atomic E-state index is 9.63. The molecule has 3 nitrogen and oxygen atoms in total. The third kappa shape index (κ3) is 2.53. The van der Waals surface area contributed by atoms with Gasteiger partial charge < -0.3 is 0 Å². The molecule has 19 heavy (non-hydrogen) atoms. The average Bonchev–Trinajstić information content (AvgIpc) is 3.08. The number of piperidine rings is 1. The van der Waals surface area contributed by atoms with Crippen LogP contribution in [-0.4, -0.2) is 35.6 Å². The van der Waals surface area contributed by atoms with Crippen molar-refractivity contribution in [2.45, 2.75) is 75.9 Å². The number of likely N-dealkylation sites (tertiary alicyclic amines) is 1.